The molecule has 0 aliphatic carbocycles. The number of carbonyl (C=O) groups is 2. The van der Waals surface area contributed by atoms with Crippen molar-refractivity contribution in [3.63, 3.8) is 0 Å². The van der Waals surface area contributed by atoms with Crippen LogP contribution in [-0.2, 0) is 14.3 Å². The molecular weight excluding hydrogens is 170 g/mol. The van der Waals surface area contributed by atoms with Crippen molar-refractivity contribution in [2.24, 2.45) is 5.73 Å². The molecule has 1 amide bonds. The van der Waals surface area contributed by atoms with E-state index in [1.165, 1.54) is 6.92 Å². The van der Waals surface area contributed by atoms with Gasteiger partial charge in [-0.2, -0.15) is 0 Å². The lowest BCUT2D eigenvalue weighted by molar-refractivity contribution is -0.150. The second-order valence-electron chi connectivity index (χ2n) is 2.80. The summed E-state index contributed by atoms with van der Waals surface area (Å²) < 4.78 is 4.71. The summed E-state index contributed by atoms with van der Waals surface area (Å²) in [7, 11) is 0. The number of primary amides is 1. The smallest absolute Gasteiger partial charge is 0.334 e. The van der Waals surface area contributed by atoms with Crippen LogP contribution in [0, 0.1) is 0 Å². The summed E-state index contributed by atoms with van der Waals surface area (Å²) in [6.45, 7) is 6.89. The lowest BCUT2D eigenvalue weighted by Crippen LogP contribution is -2.30. The highest BCUT2D eigenvalue weighted by Crippen LogP contribution is 2.05. The van der Waals surface area contributed by atoms with Crippen molar-refractivity contribution in [1.29, 1.82) is 0 Å². The van der Waals surface area contributed by atoms with Crippen LogP contribution < -0.4 is 5.73 Å². The Balaban J connectivity index is 4.00. The molecule has 0 aliphatic rings. The van der Waals surface area contributed by atoms with Gasteiger partial charge in [0.2, 0.25) is 0 Å². The van der Waals surface area contributed by atoms with Gasteiger partial charge in [0.1, 0.15) is 0 Å². The van der Waals surface area contributed by atoms with Crippen molar-refractivity contribution in [3.05, 3.63) is 12.2 Å². The maximum absolute atomic E-state index is 11.1. The van der Waals surface area contributed by atoms with E-state index in [0.717, 1.165) is 6.42 Å². The molecular formula is C9H15NO3. The third-order valence-corrected chi connectivity index (χ3v) is 1.52. The lowest BCUT2D eigenvalue weighted by Gasteiger charge is -2.10. The summed E-state index contributed by atoms with van der Waals surface area (Å²) in [6, 6.07) is 0. The zero-order valence-electron chi connectivity index (χ0n) is 8.00. The second kappa shape index (κ2) is 5.35. The maximum atomic E-state index is 11.1. The van der Waals surface area contributed by atoms with Gasteiger partial charge in [-0.05, 0) is 13.3 Å². The van der Waals surface area contributed by atoms with Gasteiger partial charge in [-0.1, -0.05) is 19.9 Å². The minimum atomic E-state index is -0.888. The number of amides is 1. The Kier molecular flexibility index (Phi) is 4.80. The molecule has 2 N–H and O–H groups in total. The standard InChI is InChI=1S/C9H15NO3/c1-4-5-6(2)9(12)13-7(3)8(10)11/h7H,2,4-5H2,1,3H3,(H2,10,11). The monoisotopic (exact) mass is 185 g/mol. The van der Waals surface area contributed by atoms with Gasteiger partial charge in [-0.15, -0.1) is 0 Å². The van der Waals surface area contributed by atoms with Crippen molar-refractivity contribution in [3.8, 4) is 0 Å². The molecule has 4 nitrogen and oxygen atoms in total. The number of ether oxygens (including phenoxy) is 1. The van der Waals surface area contributed by atoms with Gasteiger partial charge in [0.15, 0.2) is 6.10 Å². The van der Waals surface area contributed by atoms with Crippen LogP contribution in [0.2, 0.25) is 0 Å². The first kappa shape index (κ1) is 11.7. The highest BCUT2D eigenvalue weighted by Gasteiger charge is 2.15. The number of carbonyl (C=O) groups excluding carboxylic acids is 2. The number of esters is 1. The molecule has 0 heterocycles. The van der Waals surface area contributed by atoms with E-state index in [1.807, 2.05) is 6.92 Å². The number of hydrogen-bond donors (Lipinski definition) is 1. The van der Waals surface area contributed by atoms with Crippen molar-refractivity contribution in [1.82, 2.24) is 0 Å². The van der Waals surface area contributed by atoms with Crippen LogP contribution in [0.25, 0.3) is 0 Å². The van der Waals surface area contributed by atoms with Crippen molar-refractivity contribution >= 4 is 11.9 Å². The normalized spacial score (nSPS) is 11.8. The predicted octanol–water partition coefficient (Wildman–Crippen LogP) is 0.760. The average molecular weight is 185 g/mol. The third-order valence-electron chi connectivity index (χ3n) is 1.52. The fraction of sp³-hybridized carbons (Fsp3) is 0.556. The van der Waals surface area contributed by atoms with E-state index in [1.54, 1.807) is 0 Å². The zero-order valence-corrected chi connectivity index (χ0v) is 8.00. The van der Waals surface area contributed by atoms with E-state index in [4.69, 9.17) is 10.5 Å². The van der Waals surface area contributed by atoms with E-state index in [2.05, 4.69) is 6.58 Å². The molecule has 0 aromatic carbocycles. The number of rotatable bonds is 5. The van der Waals surface area contributed by atoms with Crippen molar-refractivity contribution in [2.75, 3.05) is 0 Å². The van der Waals surface area contributed by atoms with E-state index >= 15 is 0 Å². The molecule has 0 saturated heterocycles. The summed E-state index contributed by atoms with van der Waals surface area (Å²) >= 11 is 0. The number of hydrogen-bond acceptors (Lipinski definition) is 3. The van der Waals surface area contributed by atoms with Crippen LogP contribution in [0.4, 0.5) is 0 Å². The number of nitrogens with two attached hydrogens (primary N) is 1. The minimum absolute atomic E-state index is 0.371. The molecule has 0 aromatic heterocycles. The van der Waals surface area contributed by atoms with Crippen molar-refractivity contribution < 1.29 is 14.3 Å². The zero-order chi connectivity index (χ0) is 10.4. The van der Waals surface area contributed by atoms with Crippen LogP contribution in [0.3, 0.4) is 0 Å². The second-order valence-corrected chi connectivity index (χ2v) is 2.80. The first-order valence-corrected chi connectivity index (χ1v) is 4.17. The minimum Gasteiger partial charge on any atom is -0.449 e. The topological polar surface area (TPSA) is 69.4 Å². The molecule has 0 fully saturated rings. The van der Waals surface area contributed by atoms with Gasteiger partial charge in [0, 0.05) is 5.57 Å². The van der Waals surface area contributed by atoms with Gasteiger partial charge in [0.05, 0.1) is 0 Å². The SMILES string of the molecule is C=C(CCC)C(=O)OC(C)C(N)=O. The molecule has 74 valence electrons. The summed E-state index contributed by atoms with van der Waals surface area (Å²) in [5, 5.41) is 0. The van der Waals surface area contributed by atoms with Gasteiger partial charge >= 0.3 is 5.97 Å². The van der Waals surface area contributed by atoms with Crippen molar-refractivity contribution in [2.45, 2.75) is 32.8 Å². The third kappa shape index (κ3) is 4.30. The molecule has 1 unspecified atom stereocenters. The summed E-state index contributed by atoms with van der Waals surface area (Å²) in [5.74, 6) is -1.20. The quantitative estimate of drug-likeness (QED) is 0.507. The van der Waals surface area contributed by atoms with Crippen LogP contribution in [0.5, 0.6) is 0 Å². The summed E-state index contributed by atoms with van der Waals surface area (Å²) in [5.41, 5.74) is 5.28. The van der Waals surface area contributed by atoms with E-state index in [0.29, 0.717) is 12.0 Å². The first-order valence-electron chi connectivity index (χ1n) is 4.17. The Morgan fingerprint density at radius 1 is 1.54 bits per heavy atom. The predicted molar refractivity (Wildman–Crippen MR) is 48.8 cm³/mol. The van der Waals surface area contributed by atoms with Gasteiger partial charge in [-0.3, -0.25) is 4.79 Å². The molecule has 0 aromatic rings. The Morgan fingerprint density at radius 3 is 2.46 bits per heavy atom. The summed E-state index contributed by atoms with van der Waals surface area (Å²) in [6.07, 6.45) is 0.504. The Labute approximate surface area is 77.7 Å². The van der Waals surface area contributed by atoms with Gasteiger partial charge in [0.25, 0.3) is 5.91 Å². The Hall–Kier alpha value is -1.32. The van der Waals surface area contributed by atoms with Crippen LogP contribution in [-0.4, -0.2) is 18.0 Å². The Bertz CT molecular complexity index is 223. The van der Waals surface area contributed by atoms with E-state index in [9.17, 15) is 9.59 Å². The highest BCUT2D eigenvalue weighted by atomic mass is 16.5. The molecule has 0 saturated carbocycles. The fourth-order valence-corrected chi connectivity index (χ4v) is 0.706. The molecule has 4 heteroatoms. The highest BCUT2D eigenvalue weighted by molar-refractivity contribution is 5.90. The van der Waals surface area contributed by atoms with Crippen LogP contribution >= 0.6 is 0 Å². The first-order chi connectivity index (χ1) is 5.99. The largest absolute Gasteiger partial charge is 0.449 e. The maximum Gasteiger partial charge on any atom is 0.334 e. The molecule has 0 bridgehead atoms. The van der Waals surface area contributed by atoms with Gasteiger partial charge < -0.3 is 10.5 Å². The summed E-state index contributed by atoms with van der Waals surface area (Å²) in [4.78, 5) is 21.6. The molecule has 0 spiro atoms. The van der Waals surface area contributed by atoms with E-state index in [-0.39, 0.29) is 0 Å². The lowest BCUT2D eigenvalue weighted by atomic mass is 10.2. The molecule has 0 radical (unpaired) electrons. The molecule has 0 rings (SSSR count). The molecule has 13 heavy (non-hydrogen) atoms. The molecule has 0 aliphatic heterocycles. The van der Waals surface area contributed by atoms with Crippen LogP contribution in [0.15, 0.2) is 12.2 Å². The molecule has 1 atom stereocenters. The van der Waals surface area contributed by atoms with E-state index < -0.39 is 18.0 Å². The Morgan fingerprint density at radius 2 is 2.08 bits per heavy atom. The van der Waals surface area contributed by atoms with Crippen LogP contribution in [0.1, 0.15) is 26.7 Å². The average Bonchev–Trinajstić information content (AvgIpc) is 2.04. The van der Waals surface area contributed by atoms with Gasteiger partial charge in [-0.25, -0.2) is 4.79 Å². The fourth-order valence-electron chi connectivity index (χ4n) is 0.706.